The first kappa shape index (κ1) is 23.4. The van der Waals surface area contributed by atoms with Crippen LogP contribution in [0.3, 0.4) is 0 Å². The monoisotopic (exact) mass is 507 g/mol. The van der Waals surface area contributed by atoms with Gasteiger partial charge in [0.05, 0.1) is 4.90 Å². The maximum Gasteiger partial charge on any atom is 0.275 e. The van der Waals surface area contributed by atoms with Crippen molar-refractivity contribution in [1.82, 2.24) is 13.5 Å². The number of benzene rings is 2. The van der Waals surface area contributed by atoms with Crippen LogP contribution in [0.15, 0.2) is 88.9 Å². The van der Waals surface area contributed by atoms with E-state index in [-0.39, 0.29) is 22.0 Å². The number of halogens is 2. The highest BCUT2D eigenvalue weighted by atomic mass is 32.2. The summed E-state index contributed by atoms with van der Waals surface area (Å²) in [6, 6.07) is 13.8. The van der Waals surface area contributed by atoms with Crippen LogP contribution < -0.4 is 10.3 Å². The first-order valence-corrected chi connectivity index (χ1v) is 12.2. The summed E-state index contributed by atoms with van der Waals surface area (Å²) in [7, 11) is -2.63. The van der Waals surface area contributed by atoms with Crippen molar-refractivity contribution in [2.45, 2.75) is 11.8 Å². The molecule has 0 amide bonds. The molecule has 5 aromatic rings. The van der Waals surface area contributed by atoms with Gasteiger partial charge in [0.25, 0.3) is 15.6 Å². The van der Waals surface area contributed by atoms with E-state index in [0.717, 1.165) is 21.7 Å². The lowest BCUT2D eigenvalue weighted by atomic mass is 10.1. The van der Waals surface area contributed by atoms with Gasteiger partial charge in [-0.1, -0.05) is 17.7 Å². The summed E-state index contributed by atoms with van der Waals surface area (Å²) in [5.41, 5.74) is 0.987. The fourth-order valence-electron chi connectivity index (χ4n) is 3.90. The standard InChI is InChI=1S/C26H19F2N3O4S/c1-16-5-7-20(8-6-16)36(33,34)31-15-23(21-9-11-30(2)26(32)24(21)31)22-4-3-10-29-25(22)35-19-13-17(27)12-18(28)14-19/h3-15H,1-2H3. The van der Waals surface area contributed by atoms with Crippen LogP contribution >= 0.6 is 0 Å². The minimum Gasteiger partial charge on any atom is -0.438 e. The van der Waals surface area contributed by atoms with E-state index in [2.05, 4.69) is 4.98 Å². The Morgan fingerprint density at radius 1 is 0.944 bits per heavy atom. The van der Waals surface area contributed by atoms with Gasteiger partial charge in [-0.05, 0) is 37.3 Å². The minimum absolute atomic E-state index is 0.0142. The van der Waals surface area contributed by atoms with Gasteiger partial charge in [-0.25, -0.2) is 26.2 Å². The summed E-state index contributed by atoms with van der Waals surface area (Å²) in [6.07, 6.45) is 4.28. The van der Waals surface area contributed by atoms with E-state index in [0.29, 0.717) is 22.6 Å². The number of ether oxygens (including phenoxy) is 1. The average molecular weight is 508 g/mol. The van der Waals surface area contributed by atoms with E-state index < -0.39 is 27.2 Å². The zero-order chi connectivity index (χ0) is 25.6. The van der Waals surface area contributed by atoms with Gasteiger partial charge in [0.2, 0.25) is 5.88 Å². The van der Waals surface area contributed by atoms with Gasteiger partial charge in [-0.15, -0.1) is 0 Å². The molecule has 0 aliphatic rings. The normalized spacial score (nSPS) is 11.7. The lowest BCUT2D eigenvalue weighted by Gasteiger charge is -2.10. The lowest BCUT2D eigenvalue weighted by molar-refractivity contribution is 0.453. The lowest BCUT2D eigenvalue weighted by Crippen LogP contribution is -2.21. The first-order chi connectivity index (χ1) is 17.1. The van der Waals surface area contributed by atoms with Crippen molar-refractivity contribution < 1.29 is 21.9 Å². The van der Waals surface area contributed by atoms with Crippen LogP contribution in [0.5, 0.6) is 11.6 Å². The predicted octanol–water partition coefficient (Wildman–Crippen LogP) is 5.02. The molecule has 0 spiro atoms. The Balaban J connectivity index is 1.75. The average Bonchev–Trinajstić information content (AvgIpc) is 3.22. The summed E-state index contributed by atoms with van der Waals surface area (Å²) in [5.74, 6) is -1.80. The Kier molecular flexibility index (Phi) is 5.68. The third kappa shape index (κ3) is 4.05. The van der Waals surface area contributed by atoms with Crippen LogP contribution in [-0.4, -0.2) is 21.9 Å². The van der Waals surface area contributed by atoms with Crippen LogP contribution in [0.4, 0.5) is 8.78 Å². The van der Waals surface area contributed by atoms with E-state index in [1.54, 1.807) is 30.3 Å². The highest BCUT2D eigenvalue weighted by Gasteiger charge is 2.25. The third-order valence-electron chi connectivity index (χ3n) is 5.69. The molecule has 0 atom stereocenters. The maximum absolute atomic E-state index is 13.7. The van der Waals surface area contributed by atoms with Crippen molar-refractivity contribution in [2.24, 2.45) is 7.05 Å². The third-order valence-corrected chi connectivity index (χ3v) is 7.36. The molecule has 3 aromatic heterocycles. The number of aryl methyl sites for hydroxylation is 2. The molecule has 0 N–H and O–H groups in total. The van der Waals surface area contributed by atoms with Crippen LogP contribution in [-0.2, 0) is 17.1 Å². The summed E-state index contributed by atoms with van der Waals surface area (Å²) in [6.45, 7) is 1.84. The summed E-state index contributed by atoms with van der Waals surface area (Å²) in [5, 5.41) is 0.344. The van der Waals surface area contributed by atoms with Gasteiger partial charge in [-0.3, -0.25) is 4.79 Å². The Bertz CT molecular complexity index is 1770. The number of aromatic nitrogens is 3. The van der Waals surface area contributed by atoms with E-state index in [1.165, 1.54) is 42.3 Å². The molecule has 3 heterocycles. The molecule has 0 radical (unpaired) electrons. The van der Waals surface area contributed by atoms with Crippen molar-refractivity contribution in [2.75, 3.05) is 0 Å². The first-order valence-electron chi connectivity index (χ1n) is 10.8. The predicted molar refractivity (Wildman–Crippen MR) is 131 cm³/mol. The number of pyridine rings is 2. The van der Waals surface area contributed by atoms with Crippen molar-refractivity contribution in [3.63, 3.8) is 0 Å². The van der Waals surface area contributed by atoms with Gasteiger partial charge in [0, 0.05) is 60.4 Å². The van der Waals surface area contributed by atoms with Gasteiger partial charge in [-0.2, -0.15) is 0 Å². The SMILES string of the molecule is Cc1ccc(S(=O)(=O)n2cc(-c3cccnc3Oc3cc(F)cc(F)c3)c3ccn(C)c(=O)c32)cc1. The molecule has 0 unspecified atom stereocenters. The number of nitrogens with zero attached hydrogens (tertiary/aromatic N) is 3. The van der Waals surface area contributed by atoms with Crippen molar-refractivity contribution in [3.8, 4) is 22.8 Å². The molecular formula is C26H19F2N3O4S. The van der Waals surface area contributed by atoms with E-state index in [9.17, 15) is 22.0 Å². The fourth-order valence-corrected chi connectivity index (χ4v) is 5.27. The van der Waals surface area contributed by atoms with E-state index in [1.807, 2.05) is 6.92 Å². The van der Waals surface area contributed by atoms with E-state index in [4.69, 9.17) is 4.74 Å². The number of fused-ring (bicyclic) bond motifs is 1. The molecule has 0 fully saturated rings. The zero-order valence-electron chi connectivity index (χ0n) is 19.1. The largest absolute Gasteiger partial charge is 0.438 e. The molecule has 0 aliphatic heterocycles. The van der Waals surface area contributed by atoms with Gasteiger partial charge in [0.15, 0.2) is 0 Å². The molecule has 36 heavy (non-hydrogen) atoms. The smallest absolute Gasteiger partial charge is 0.275 e. The highest BCUT2D eigenvalue weighted by Crippen LogP contribution is 2.37. The molecule has 182 valence electrons. The quantitative estimate of drug-likeness (QED) is 0.334. The van der Waals surface area contributed by atoms with Crippen molar-refractivity contribution in [1.29, 1.82) is 0 Å². The molecule has 10 heteroatoms. The Morgan fingerprint density at radius 3 is 2.33 bits per heavy atom. The molecule has 0 bridgehead atoms. The molecule has 0 saturated heterocycles. The number of hydrogen-bond acceptors (Lipinski definition) is 5. The second kappa shape index (κ2) is 8.72. The summed E-state index contributed by atoms with van der Waals surface area (Å²) in [4.78, 5) is 17.3. The van der Waals surface area contributed by atoms with Gasteiger partial charge >= 0.3 is 0 Å². The van der Waals surface area contributed by atoms with Crippen LogP contribution in [0, 0.1) is 18.6 Å². The molecule has 2 aromatic carbocycles. The Hall–Kier alpha value is -4.31. The summed E-state index contributed by atoms with van der Waals surface area (Å²) < 4.78 is 62.6. The zero-order valence-corrected chi connectivity index (χ0v) is 20.0. The highest BCUT2D eigenvalue weighted by molar-refractivity contribution is 7.90. The second-order valence-corrected chi connectivity index (χ2v) is 10.0. The molecule has 0 aliphatic carbocycles. The topological polar surface area (TPSA) is 83.2 Å². The van der Waals surface area contributed by atoms with E-state index >= 15 is 0 Å². The molecule has 0 saturated carbocycles. The minimum atomic E-state index is -4.15. The van der Waals surface area contributed by atoms with Crippen LogP contribution in [0.25, 0.3) is 22.0 Å². The van der Waals surface area contributed by atoms with Crippen molar-refractivity contribution >= 4 is 20.9 Å². The Morgan fingerprint density at radius 2 is 1.64 bits per heavy atom. The maximum atomic E-state index is 13.7. The Labute approximate surface area is 204 Å². The summed E-state index contributed by atoms with van der Waals surface area (Å²) >= 11 is 0. The molecule has 5 rings (SSSR count). The molecular weight excluding hydrogens is 488 g/mol. The van der Waals surface area contributed by atoms with Crippen molar-refractivity contribution in [3.05, 3.63) is 107 Å². The van der Waals surface area contributed by atoms with Gasteiger partial charge < -0.3 is 9.30 Å². The van der Waals surface area contributed by atoms with Crippen LogP contribution in [0.1, 0.15) is 5.56 Å². The molecule has 7 nitrogen and oxygen atoms in total. The van der Waals surface area contributed by atoms with Crippen LogP contribution in [0.2, 0.25) is 0 Å². The second-order valence-electron chi connectivity index (χ2n) is 8.21. The fraction of sp³-hybridized carbons (Fsp3) is 0.0769. The number of rotatable bonds is 5. The number of hydrogen-bond donors (Lipinski definition) is 0. The van der Waals surface area contributed by atoms with Gasteiger partial charge in [0.1, 0.15) is 22.9 Å².